The standard InChI is InChI=1S/C34H28ClF3N2O3/c1-19-21(3)40(18-22-11-13-23(14-12-22)26-7-4-5-8-27(26)33(42)43)30-16-15-24(17-28(19)30)32(41)39-20(2)25-9-6-10-29(31(25)35)34(36,37)38/h4-17,20H,18H2,1-3H3,(H,39,41)(H,42,43)/t20-/m1/s1. The number of alkyl halides is 3. The molecule has 5 nitrogen and oxygen atoms in total. The van der Waals surface area contributed by atoms with Crippen LogP contribution in [0.5, 0.6) is 0 Å². The summed E-state index contributed by atoms with van der Waals surface area (Å²) in [6.07, 6.45) is -4.60. The number of nitrogens with zero attached hydrogens (tertiary/aromatic N) is 1. The smallest absolute Gasteiger partial charge is 0.417 e. The molecular weight excluding hydrogens is 577 g/mol. The Balaban J connectivity index is 1.38. The molecule has 0 saturated heterocycles. The maximum atomic E-state index is 13.3. The molecule has 2 N–H and O–H groups in total. The van der Waals surface area contributed by atoms with Gasteiger partial charge in [0.2, 0.25) is 0 Å². The van der Waals surface area contributed by atoms with Crippen LogP contribution < -0.4 is 5.32 Å². The van der Waals surface area contributed by atoms with Crippen molar-refractivity contribution in [2.75, 3.05) is 0 Å². The van der Waals surface area contributed by atoms with E-state index < -0.39 is 34.7 Å². The van der Waals surface area contributed by atoms with Gasteiger partial charge in [-0.1, -0.05) is 66.2 Å². The summed E-state index contributed by atoms with van der Waals surface area (Å²) in [6, 6.07) is 22.9. The van der Waals surface area contributed by atoms with Crippen molar-refractivity contribution in [3.05, 3.63) is 129 Å². The average Bonchev–Trinajstić information content (AvgIpc) is 3.21. The highest BCUT2D eigenvalue weighted by molar-refractivity contribution is 6.32. The minimum absolute atomic E-state index is 0.182. The summed E-state index contributed by atoms with van der Waals surface area (Å²) in [6.45, 7) is 6.14. The molecule has 5 aromatic rings. The lowest BCUT2D eigenvalue weighted by Gasteiger charge is -2.18. The van der Waals surface area contributed by atoms with E-state index in [1.165, 1.54) is 12.1 Å². The summed E-state index contributed by atoms with van der Waals surface area (Å²) in [7, 11) is 0. The van der Waals surface area contributed by atoms with Crippen molar-refractivity contribution in [1.82, 2.24) is 9.88 Å². The second kappa shape index (κ2) is 11.6. The maximum Gasteiger partial charge on any atom is 0.417 e. The predicted molar refractivity (Wildman–Crippen MR) is 162 cm³/mol. The maximum absolute atomic E-state index is 13.3. The molecule has 4 aromatic carbocycles. The van der Waals surface area contributed by atoms with Crippen LogP contribution in [0.4, 0.5) is 13.2 Å². The molecule has 0 aliphatic heterocycles. The van der Waals surface area contributed by atoms with Gasteiger partial charge in [-0.3, -0.25) is 4.79 Å². The Morgan fingerprint density at radius 2 is 1.65 bits per heavy atom. The Morgan fingerprint density at radius 1 is 0.953 bits per heavy atom. The molecule has 0 aliphatic rings. The van der Waals surface area contributed by atoms with Crippen molar-refractivity contribution in [2.45, 2.75) is 39.5 Å². The molecule has 9 heteroatoms. The van der Waals surface area contributed by atoms with Gasteiger partial charge in [0.15, 0.2) is 0 Å². The first-order valence-electron chi connectivity index (χ1n) is 13.5. The predicted octanol–water partition coefficient (Wildman–Crippen LogP) is 8.83. The molecule has 0 aliphatic carbocycles. The zero-order valence-electron chi connectivity index (χ0n) is 23.6. The van der Waals surface area contributed by atoms with E-state index in [9.17, 15) is 27.9 Å². The summed E-state index contributed by atoms with van der Waals surface area (Å²) < 4.78 is 42.1. The number of carboxylic acid groups (broad SMARTS) is 1. The third-order valence-electron chi connectivity index (χ3n) is 7.81. The van der Waals surface area contributed by atoms with Crippen molar-refractivity contribution < 1.29 is 27.9 Å². The topological polar surface area (TPSA) is 71.3 Å². The van der Waals surface area contributed by atoms with Crippen LogP contribution in [0.25, 0.3) is 22.0 Å². The van der Waals surface area contributed by atoms with Gasteiger partial charge in [-0.2, -0.15) is 13.2 Å². The highest BCUT2D eigenvalue weighted by Gasteiger charge is 2.34. The fraction of sp³-hybridized carbons (Fsp3) is 0.176. The lowest BCUT2D eigenvalue weighted by Crippen LogP contribution is -2.27. The van der Waals surface area contributed by atoms with E-state index >= 15 is 0 Å². The average molecular weight is 605 g/mol. The monoisotopic (exact) mass is 604 g/mol. The molecular formula is C34H28ClF3N2O3. The first-order valence-corrected chi connectivity index (χ1v) is 13.9. The number of fused-ring (bicyclic) bond motifs is 1. The molecule has 1 atom stereocenters. The fourth-order valence-electron chi connectivity index (χ4n) is 5.35. The van der Waals surface area contributed by atoms with E-state index in [2.05, 4.69) is 9.88 Å². The Morgan fingerprint density at radius 3 is 2.33 bits per heavy atom. The molecule has 0 fully saturated rings. The highest BCUT2D eigenvalue weighted by atomic mass is 35.5. The van der Waals surface area contributed by atoms with E-state index in [4.69, 9.17) is 11.6 Å². The minimum atomic E-state index is -4.60. The molecule has 0 radical (unpaired) electrons. The number of nitrogens with one attached hydrogen (secondary N) is 1. The van der Waals surface area contributed by atoms with Crippen molar-refractivity contribution in [3.8, 4) is 11.1 Å². The number of aromatic carboxylic acids is 1. The molecule has 0 saturated carbocycles. The van der Waals surface area contributed by atoms with Crippen LogP contribution >= 0.6 is 11.6 Å². The summed E-state index contributed by atoms with van der Waals surface area (Å²) >= 11 is 6.06. The summed E-state index contributed by atoms with van der Waals surface area (Å²) in [5, 5.41) is 12.8. The van der Waals surface area contributed by atoms with Gasteiger partial charge in [0.1, 0.15) is 0 Å². The number of hydrogen-bond acceptors (Lipinski definition) is 2. The number of amides is 1. The number of aromatic nitrogens is 1. The molecule has 1 amide bonds. The van der Waals surface area contributed by atoms with E-state index in [1.54, 1.807) is 37.3 Å². The molecule has 1 aromatic heterocycles. The van der Waals surface area contributed by atoms with E-state index in [-0.39, 0.29) is 11.1 Å². The van der Waals surface area contributed by atoms with Gasteiger partial charge in [0.05, 0.1) is 22.2 Å². The first-order chi connectivity index (χ1) is 20.4. The number of carbonyl (C=O) groups is 2. The van der Waals surface area contributed by atoms with Crippen LogP contribution in [0, 0.1) is 13.8 Å². The molecule has 1 heterocycles. The minimum Gasteiger partial charge on any atom is -0.478 e. The number of rotatable bonds is 7. The third kappa shape index (κ3) is 5.88. The van der Waals surface area contributed by atoms with E-state index in [1.807, 2.05) is 50.2 Å². The SMILES string of the molecule is Cc1c(C)n(Cc2ccc(-c3ccccc3C(=O)O)cc2)c2ccc(C(=O)N[C@H](C)c3cccc(C(F)(F)F)c3Cl)cc12. The normalized spacial score (nSPS) is 12.3. The zero-order valence-corrected chi connectivity index (χ0v) is 24.3. The van der Waals surface area contributed by atoms with Crippen molar-refractivity contribution in [2.24, 2.45) is 0 Å². The molecule has 220 valence electrons. The van der Waals surface area contributed by atoms with Crippen LogP contribution in [0.3, 0.4) is 0 Å². The summed E-state index contributed by atoms with van der Waals surface area (Å²) in [5.41, 5.74) is 5.30. The van der Waals surface area contributed by atoms with Gasteiger partial charge >= 0.3 is 12.1 Å². The molecule has 0 unspecified atom stereocenters. The van der Waals surface area contributed by atoms with E-state index in [0.29, 0.717) is 17.7 Å². The number of carbonyl (C=O) groups excluding carboxylic acids is 1. The van der Waals surface area contributed by atoms with Gasteiger partial charge < -0.3 is 15.0 Å². The summed E-state index contributed by atoms with van der Waals surface area (Å²) in [4.78, 5) is 24.8. The molecule has 5 rings (SSSR count). The first kappa shape index (κ1) is 29.9. The van der Waals surface area contributed by atoms with Crippen LogP contribution in [0.1, 0.15) is 61.6 Å². The third-order valence-corrected chi connectivity index (χ3v) is 8.23. The van der Waals surface area contributed by atoms with Gasteiger partial charge in [0.25, 0.3) is 5.91 Å². The highest BCUT2D eigenvalue weighted by Crippen LogP contribution is 2.38. The van der Waals surface area contributed by atoms with Crippen LogP contribution in [-0.2, 0) is 12.7 Å². The van der Waals surface area contributed by atoms with Crippen LogP contribution in [0.2, 0.25) is 5.02 Å². The van der Waals surface area contributed by atoms with Crippen LogP contribution in [0.15, 0.2) is 84.9 Å². The Labute approximate surface area is 251 Å². The number of halogens is 4. The molecule has 0 bridgehead atoms. The second-order valence-corrected chi connectivity index (χ2v) is 10.9. The van der Waals surface area contributed by atoms with Gasteiger partial charge in [-0.15, -0.1) is 0 Å². The van der Waals surface area contributed by atoms with Crippen LogP contribution in [-0.4, -0.2) is 21.6 Å². The Hall–Kier alpha value is -4.56. The number of aryl methyl sites for hydroxylation is 1. The lowest BCUT2D eigenvalue weighted by molar-refractivity contribution is -0.137. The molecule has 0 spiro atoms. The van der Waals surface area contributed by atoms with Gasteiger partial charge in [-0.05, 0) is 78.9 Å². The van der Waals surface area contributed by atoms with Crippen molar-refractivity contribution in [3.63, 3.8) is 0 Å². The Bertz CT molecular complexity index is 1860. The Kier molecular flexibility index (Phi) is 8.08. The quantitative estimate of drug-likeness (QED) is 0.195. The summed E-state index contributed by atoms with van der Waals surface area (Å²) in [5.74, 6) is -1.41. The van der Waals surface area contributed by atoms with Gasteiger partial charge in [-0.25, -0.2) is 4.79 Å². The molecule has 43 heavy (non-hydrogen) atoms. The largest absolute Gasteiger partial charge is 0.478 e. The zero-order chi connectivity index (χ0) is 31.1. The lowest BCUT2D eigenvalue weighted by atomic mass is 9.99. The number of carboxylic acids is 1. The van der Waals surface area contributed by atoms with E-state index in [0.717, 1.165) is 39.4 Å². The second-order valence-electron chi connectivity index (χ2n) is 10.5. The van der Waals surface area contributed by atoms with Crippen molar-refractivity contribution >= 4 is 34.4 Å². The number of benzene rings is 4. The van der Waals surface area contributed by atoms with Crippen molar-refractivity contribution in [1.29, 1.82) is 0 Å². The fourth-order valence-corrected chi connectivity index (χ4v) is 5.75. The number of hydrogen-bond donors (Lipinski definition) is 2. The van der Waals surface area contributed by atoms with Gasteiger partial charge in [0, 0.05) is 28.7 Å².